The van der Waals surface area contributed by atoms with E-state index in [1.54, 1.807) is 34.6 Å². The Kier molecular flexibility index (Phi) is 8.02. The lowest BCUT2D eigenvalue weighted by atomic mass is 9.91. The number of hydrogen-bond donors (Lipinski definition) is 2. The molecule has 0 aromatic carbocycles. The Hall–Kier alpha value is -2.05. The van der Waals surface area contributed by atoms with Gasteiger partial charge in [-0.05, 0) is 33.1 Å². The van der Waals surface area contributed by atoms with Crippen molar-refractivity contribution >= 4 is 17.6 Å². The van der Waals surface area contributed by atoms with Gasteiger partial charge in [0.15, 0.2) is 6.10 Å². The predicted molar refractivity (Wildman–Crippen MR) is 95.8 cm³/mol. The number of ether oxygens (including phenoxy) is 1. The van der Waals surface area contributed by atoms with E-state index in [1.807, 2.05) is 0 Å². The Bertz CT molecular complexity index is 683. The van der Waals surface area contributed by atoms with E-state index in [4.69, 9.17) is 4.74 Å². The molecule has 1 heterocycles. The lowest BCUT2D eigenvalue weighted by molar-refractivity contribution is -0.392. The van der Waals surface area contributed by atoms with E-state index in [1.165, 1.54) is 0 Å². The van der Waals surface area contributed by atoms with E-state index in [2.05, 4.69) is 15.3 Å². The van der Waals surface area contributed by atoms with Gasteiger partial charge >= 0.3 is 18.3 Å². The zero-order valence-electron chi connectivity index (χ0n) is 17.6. The molecular weight excluding hydrogens is 438 g/mol. The van der Waals surface area contributed by atoms with Crippen molar-refractivity contribution in [1.29, 1.82) is 0 Å². The summed E-state index contributed by atoms with van der Waals surface area (Å²) in [6.07, 6.45) is -16.3. The zero-order chi connectivity index (χ0) is 24.4. The zero-order valence-corrected chi connectivity index (χ0v) is 17.6. The first kappa shape index (κ1) is 27.0. The van der Waals surface area contributed by atoms with E-state index >= 15 is 0 Å². The van der Waals surface area contributed by atoms with Crippen LogP contribution in [0, 0.1) is 5.92 Å². The highest BCUT2D eigenvalue weighted by molar-refractivity contribution is 6.39. The summed E-state index contributed by atoms with van der Waals surface area (Å²) in [6, 6.07) is -0.812. The molecule has 2 N–H and O–H groups in total. The minimum Gasteiger partial charge on any atom is -0.460 e. The molecule has 0 aliphatic carbocycles. The molecule has 7 nitrogen and oxygen atoms in total. The number of esters is 1. The van der Waals surface area contributed by atoms with Gasteiger partial charge in [0.05, 0.1) is 6.42 Å². The molecule has 0 aromatic heterocycles. The molecule has 2 unspecified atom stereocenters. The largest absolute Gasteiger partial charge is 0.460 e. The lowest BCUT2D eigenvalue weighted by Crippen LogP contribution is -2.64. The molecule has 1 aliphatic heterocycles. The third-order valence-electron chi connectivity index (χ3n) is 4.19. The normalized spacial score (nSPS) is 19.0. The second-order valence-electron chi connectivity index (χ2n) is 8.69. The number of oxime groups is 1. The highest BCUT2D eigenvalue weighted by atomic mass is 19.4. The van der Waals surface area contributed by atoms with Crippen LogP contribution in [0.3, 0.4) is 0 Å². The van der Waals surface area contributed by atoms with Crippen LogP contribution in [0.15, 0.2) is 5.16 Å². The Morgan fingerprint density at radius 2 is 1.68 bits per heavy atom. The van der Waals surface area contributed by atoms with Crippen LogP contribution in [0.4, 0.5) is 26.3 Å². The predicted octanol–water partition coefficient (Wildman–Crippen LogP) is 3.25. The second kappa shape index (κ2) is 9.21. The van der Waals surface area contributed by atoms with Crippen LogP contribution in [-0.2, 0) is 19.2 Å². The Labute approximate surface area is 175 Å². The van der Waals surface area contributed by atoms with Gasteiger partial charge in [-0.1, -0.05) is 19.0 Å². The molecule has 0 spiro atoms. The summed E-state index contributed by atoms with van der Waals surface area (Å²) < 4.78 is 82.9. The summed E-state index contributed by atoms with van der Waals surface area (Å²) in [5.74, 6) is -1.77. The molecule has 0 saturated heterocycles. The molecule has 1 amide bonds. The SMILES string of the molecule is CC(C)CC(CC(=O)OC(C)(C)C)NC(=O)C1=NOC(C(O)(C(F)(F)F)C(F)(F)F)C1. The number of rotatable bonds is 7. The minimum absolute atomic E-state index is 0.0113. The van der Waals surface area contributed by atoms with Gasteiger partial charge in [-0.2, -0.15) is 26.3 Å². The summed E-state index contributed by atoms with van der Waals surface area (Å²) in [4.78, 5) is 28.6. The van der Waals surface area contributed by atoms with E-state index < -0.39 is 59.7 Å². The van der Waals surface area contributed by atoms with Gasteiger partial charge in [0.1, 0.15) is 11.3 Å². The molecule has 13 heteroatoms. The number of alkyl halides is 6. The molecular formula is C18H26F6N2O5. The fourth-order valence-electron chi connectivity index (χ4n) is 2.88. The first-order valence-corrected chi connectivity index (χ1v) is 9.39. The number of nitrogens with zero attached hydrogens (tertiary/aromatic N) is 1. The number of hydrogen-bond acceptors (Lipinski definition) is 6. The van der Waals surface area contributed by atoms with Crippen molar-refractivity contribution in [3.05, 3.63) is 0 Å². The molecule has 31 heavy (non-hydrogen) atoms. The van der Waals surface area contributed by atoms with E-state index in [-0.39, 0.29) is 18.8 Å². The molecule has 1 rings (SSSR count). The van der Waals surface area contributed by atoms with Gasteiger partial charge in [0, 0.05) is 12.5 Å². The van der Waals surface area contributed by atoms with Crippen LogP contribution >= 0.6 is 0 Å². The van der Waals surface area contributed by atoms with Crippen LogP contribution in [0.1, 0.15) is 53.9 Å². The van der Waals surface area contributed by atoms with Crippen molar-refractivity contribution < 1.29 is 50.6 Å². The summed E-state index contributed by atoms with van der Waals surface area (Å²) in [5.41, 5.74) is -6.77. The first-order chi connectivity index (χ1) is 13.8. The molecule has 0 radical (unpaired) electrons. The van der Waals surface area contributed by atoms with Crippen molar-refractivity contribution in [2.75, 3.05) is 0 Å². The number of carbonyl (C=O) groups excluding carboxylic acids is 2. The maximum atomic E-state index is 13.0. The van der Waals surface area contributed by atoms with E-state index in [0.717, 1.165) is 0 Å². The number of carbonyl (C=O) groups is 2. The van der Waals surface area contributed by atoms with Crippen molar-refractivity contribution in [2.45, 2.75) is 89.6 Å². The molecule has 0 fully saturated rings. The summed E-state index contributed by atoms with van der Waals surface area (Å²) in [5, 5.41) is 14.7. The maximum Gasteiger partial charge on any atom is 0.430 e. The number of amides is 1. The standard InChI is InChI=1S/C18H26F6N2O5/c1-9(2)6-10(7-13(27)30-15(3,4)5)25-14(28)11-8-12(31-26-11)16(29,17(19,20)21)18(22,23)24/h9-10,12,29H,6-8H2,1-5H3,(H,25,28). The third-order valence-corrected chi connectivity index (χ3v) is 4.19. The van der Waals surface area contributed by atoms with Gasteiger partial charge in [0.25, 0.3) is 11.5 Å². The first-order valence-electron chi connectivity index (χ1n) is 9.39. The average Bonchev–Trinajstić information content (AvgIpc) is 2.99. The van der Waals surface area contributed by atoms with Crippen LogP contribution in [0.25, 0.3) is 0 Å². The number of aliphatic hydroxyl groups is 1. The Morgan fingerprint density at radius 3 is 2.10 bits per heavy atom. The topological polar surface area (TPSA) is 97.2 Å². The molecule has 2 atom stereocenters. The summed E-state index contributed by atoms with van der Waals surface area (Å²) in [6.45, 7) is 8.47. The van der Waals surface area contributed by atoms with E-state index in [0.29, 0.717) is 0 Å². The van der Waals surface area contributed by atoms with Crippen LogP contribution in [0.5, 0.6) is 0 Å². The van der Waals surface area contributed by atoms with Crippen molar-refractivity contribution in [3.63, 3.8) is 0 Å². The maximum absolute atomic E-state index is 13.0. The van der Waals surface area contributed by atoms with Crippen molar-refractivity contribution in [1.82, 2.24) is 5.32 Å². The van der Waals surface area contributed by atoms with Crippen LogP contribution in [-0.4, -0.2) is 58.4 Å². The Morgan fingerprint density at radius 1 is 1.16 bits per heavy atom. The van der Waals surface area contributed by atoms with Crippen LogP contribution < -0.4 is 5.32 Å². The van der Waals surface area contributed by atoms with Gasteiger partial charge in [-0.3, -0.25) is 9.59 Å². The number of nitrogens with one attached hydrogen (secondary N) is 1. The monoisotopic (exact) mass is 464 g/mol. The van der Waals surface area contributed by atoms with Crippen molar-refractivity contribution in [3.8, 4) is 0 Å². The molecule has 0 bridgehead atoms. The van der Waals surface area contributed by atoms with Crippen molar-refractivity contribution in [2.24, 2.45) is 11.1 Å². The fourth-order valence-corrected chi connectivity index (χ4v) is 2.88. The third kappa shape index (κ3) is 6.97. The number of halogens is 6. The smallest absolute Gasteiger partial charge is 0.430 e. The summed E-state index contributed by atoms with van der Waals surface area (Å²) >= 11 is 0. The van der Waals surface area contributed by atoms with Gasteiger partial charge in [-0.25, -0.2) is 0 Å². The molecule has 0 saturated carbocycles. The Balaban J connectivity index is 2.91. The van der Waals surface area contributed by atoms with Gasteiger partial charge < -0.3 is 20.0 Å². The average molecular weight is 464 g/mol. The van der Waals surface area contributed by atoms with Gasteiger partial charge in [0.2, 0.25) is 0 Å². The highest BCUT2D eigenvalue weighted by Crippen LogP contribution is 2.48. The quantitative estimate of drug-likeness (QED) is 0.445. The molecule has 1 aliphatic rings. The molecule has 0 aromatic rings. The van der Waals surface area contributed by atoms with Crippen LogP contribution in [0.2, 0.25) is 0 Å². The minimum atomic E-state index is -6.12. The fraction of sp³-hybridized carbons (Fsp3) is 0.833. The van der Waals surface area contributed by atoms with E-state index in [9.17, 15) is 41.0 Å². The highest BCUT2D eigenvalue weighted by Gasteiger charge is 2.76. The van der Waals surface area contributed by atoms with Gasteiger partial charge in [-0.15, -0.1) is 0 Å². The lowest BCUT2D eigenvalue weighted by Gasteiger charge is -2.35. The molecule has 180 valence electrons. The summed E-state index contributed by atoms with van der Waals surface area (Å²) in [7, 11) is 0. The second-order valence-corrected chi connectivity index (χ2v) is 8.69.